The molecule has 2 amide bonds. The van der Waals surface area contributed by atoms with Crippen LogP contribution in [0.15, 0.2) is 84.8 Å². The number of nitrogens with one attached hydrogen (secondary N) is 2. The van der Waals surface area contributed by atoms with Crippen LogP contribution < -0.4 is 10.6 Å². The predicted octanol–water partition coefficient (Wildman–Crippen LogP) is 3.08. The van der Waals surface area contributed by atoms with E-state index < -0.39 is 16.7 Å². The number of nitrogens with zero attached hydrogens (tertiary/aromatic N) is 2. The molecule has 0 aliphatic heterocycles. The van der Waals surface area contributed by atoms with Crippen molar-refractivity contribution < 1.29 is 14.5 Å². The summed E-state index contributed by atoms with van der Waals surface area (Å²) in [6.45, 7) is 0.228. The average molecular weight is 402 g/mol. The number of nitro groups is 1. The normalized spacial score (nSPS) is 10.9. The topological polar surface area (TPSA) is 114 Å². The maximum atomic E-state index is 12.7. The number of pyridine rings is 1. The van der Waals surface area contributed by atoms with Crippen LogP contribution >= 0.6 is 0 Å². The Hall–Kier alpha value is -4.33. The summed E-state index contributed by atoms with van der Waals surface area (Å²) in [5.41, 5.74) is 1.67. The Balaban J connectivity index is 1.82. The van der Waals surface area contributed by atoms with Crippen molar-refractivity contribution in [2.24, 2.45) is 0 Å². The van der Waals surface area contributed by atoms with Crippen molar-refractivity contribution in [3.8, 4) is 0 Å². The highest BCUT2D eigenvalue weighted by Crippen LogP contribution is 2.14. The molecule has 2 aromatic carbocycles. The molecule has 0 atom stereocenters. The number of aromatic nitrogens is 1. The Morgan fingerprint density at radius 2 is 1.73 bits per heavy atom. The fraction of sp³-hybridized carbons (Fsp3) is 0.0455. The summed E-state index contributed by atoms with van der Waals surface area (Å²) in [5, 5.41) is 16.2. The zero-order valence-electron chi connectivity index (χ0n) is 15.8. The molecular formula is C22H18N4O4. The highest BCUT2D eigenvalue weighted by atomic mass is 16.6. The van der Waals surface area contributed by atoms with Gasteiger partial charge >= 0.3 is 0 Å². The summed E-state index contributed by atoms with van der Waals surface area (Å²) >= 11 is 0. The number of rotatable bonds is 7. The van der Waals surface area contributed by atoms with E-state index in [1.807, 2.05) is 6.07 Å². The van der Waals surface area contributed by atoms with Gasteiger partial charge in [0, 0.05) is 36.6 Å². The summed E-state index contributed by atoms with van der Waals surface area (Å²) in [6.07, 6.45) is 4.72. The van der Waals surface area contributed by atoms with E-state index in [4.69, 9.17) is 0 Å². The van der Waals surface area contributed by atoms with Crippen molar-refractivity contribution in [1.29, 1.82) is 0 Å². The van der Waals surface area contributed by atoms with Crippen molar-refractivity contribution in [3.05, 3.63) is 112 Å². The van der Waals surface area contributed by atoms with Gasteiger partial charge in [-0.15, -0.1) is 0 Å². The number of carbonyl (C=O) groups is 2. The van der Waals surface area contributed by atoms with Gasteiger partial charge in [-0.25, -0.2) is 0 Å². The molecule has 2 N–H and O–H groups in total. The predicted molar refractivity (Wildman–Crippen MR) is 111 cm³/mol. The van der Waals surface area contributed by atoms with Crippen molar-refractivity contribution >= 4 is 23.6 Å². The third-order valence-corrected chi connectivity index (χ3v) is 4.12. The lowest BCUT2D eigenvalue weighted by atomic mass is 10.1. The SMILES string of the molecule is O=C(NCc1cccnc1)/C(=C\c1ccc([N+](=O)[O-])cc1)NC(=O)c1ccccc1. The fourth-order valence-electron chi connectivity index (χ4n) is 2.58. The number of carbonyl (C=O) groups excluding carboxylic acids is 2. The van der Waals surface area contributed by atoms with Gasteiger partial charge in [0.15, 0.2) is 0 Å². The van der Waals surface area contributed by atoms with Crippen LogP contribution in [-0.2, 0) is 11.3 Å². The Morgan fingerprint density at radius 3 is 2.37 bits per heavy atom. The van der Waals surface area contributed by atoms with Crippen LogP contribution in [0.2, 0.25) is 0 Å². The molecule has 0 saturated carbocycles. The van der Waals surface area contributed by atoms with E-state index in [2.05, 4.69) is 15.6 Å². The van der Waals surface area contributed by atoms with Gasteiger partial charge in [-0.05, 0) is 47.5 Å². The van der Waals surface area contributed by atoms with Crippen molar-refractivity contribution in [1.82, 2.24) is 15.6 Å². The summed E-state index contributed by atoms with van der Waals surface area (Å²) in [5.74, 6) is -0.943. The maximum absolute atomic E-state index is 12.7. The minimum Gasteiger partial charge on any atom is -0.347 e. The number of benzene rings is 2. The second-order valence-electron chi connectivity index (χ2n) is 6.27. The van der Waals surface area contributed by atoms with E-state index in [1.54, 1.807) is 48.8 Å². The van der Waals surface area contributed by atoms with Gasteiger partial charge in [-0.3, -0.25) is 24.7 Å². The van der Waals surface area contributed by atoms with Crippen molar-refractivity contribution in [2.45, 2.75) is 6.54 Å². The highest BCUT2D eigenvalue weighted by Gasteiger charge is 2.15. The van der Waals surface area contributed by atoms with E-state index in [-0.39, 0.29) is 17.9 Å². The molecule has 0 aliphatic rings. The van der Waals surface area contributed by atoms with Crippen LogP contribution in [0, 0.1) is 10.1 Å². The second-order valence-corrected chi connectivity index (χ2v) is 6.27. The van der Waals surface area contributed by atoms with Gasteiger partial charge in [0.1, 0.15) is 5.70 Å². The van der Waals surface area contributed by atoms with Crippen molar-refractivity contribution in [3.63, 3.8) is 0 Å². The van der Waals surface area contributed by atoms with E-state index in [0.29, 0.717) is 11.1 Å². The average Bonchev–Trinajstić information content (AvgIpc) is 2.78. The van der Waals surface area contributed by atoms with E-state index in [9.17, 15) is 19.7 Å². The molecule has 0 unspecified atom stereocenters. The minimum atomic E-state index is -0.508. The van der Waals surface area contributed by atoms with E-state index in [1.165, 1.54) is 30.3 Å². The lowest BCUT2D eigenvalue weighted by Crippen LogP contribution is -2.34. The van der Waals surface area contributed by atoms with Gasteiger partial charge < -0.3 is 10.6 Å². The number of nitro benzene ring substituents is 1. The third kappa shape index (κ3) is 5.59. The van der Waals surface area contributed by atoms with Gasteiger partial charge in [-0.1, -0.05) is 24.3 Å². The first kappa shape index (κ1) is 20.4. The number of hydrogen-bond acceptors (Lipinski definition) is 5. The minimum absolute atomic E-state index is 0.0154. The zero-order chi connectivity index (χ0) is 21.3. The first-order valence-corrected chi connectivity index (χ1v) is 9.02. The molecule has 0 radical (unpaired) electrons. The monoisotopic (exact) mass is 402 g/mol. The molecule has 150 valence electrons. The number of hydrogen-bond donors (Lipinski definition) is 2. The van der Waals surface area contributed by atoms with Gasteiger partial charge in [0.2, 0.25) is 0 Å². The lowest BCUT2D eigenvalue weighted by molar-refractivity contribution is -0.384. The van der Waals surface area contributed by atoms with Gasteiger partial charge in [0.25, 0.3) is 17.5 Å². The summed E-state index contributed by atoms with van der Waals surface area (Å²) < 4.78 is 0. The van der Waals surface area contributed by atoms with Crippen LogP contribution in [0.5, 0.6) is 0 Å². The molecular weight excluding hydrogens is 384 g/mol. The molecule has 0 fully saturated rings. The molecule has 1 heterocycles. The van der Waals surface area contributed by atoms with Gasteiger partial charge in [0.05, 0.1) is 4.92 Å². The molecule has 8 nitrogen and oxygen atoms in total. The standard InChI is InChI=1S/C22H18N4O4/c27-21(18-6-2-1-3-7-18)25-20(13-16-8-10-19(11-9-16)26(29)30)22(28)24-15-17-5-4-12-23-14-17/h1-14H,15H2,(H,24,28)(H,25,27)/b20-13+. The Labute approximate surface area is 172 Å². The lowest BCUT2D eigenvalue weighted by Gasteiger charge is -2.11. The smallest absolute Gasteiger partial charge is 0.269 e. The van der Waals surface area contributed by atoms with Crippen molar-refractivity contribution in [2.75, 3.05) is 0 Å². The van der Waals surface area contributed by atoms with Crippen LogP contribution in [0.25, 0.3) is 6.08 Å². The van der Waals surface area contributed by atoms with Crippen LogP contribution in [0.4, 0.5) is 5.69 Å². The molecule has 0 aliphatic carbocycles. The maximum Gasteiger partial charge on any atom is 0.269 e. The molecule has 0 saturated heterocycles. The molecule has 30 heavy (non-hydrogen) atoms. The third-order valence-electron chi connectivity index (χ3n) is 4.12. The molecule has 3 aromatic rings. The Kier molecular flexibility index (Phi) is 6.63. The summed E-state index contributed by atoms with van der Waals surface area (Å²) in [4.78, 5) is 39.6. The van der Waals surface area contributed by atoms with Crippen LogP contribution in [0.3, 0.4) is 0 Å². The van der Waals surface area contributed by atoms with Crippen LogP contribution in [0.1, 0.15) is 21.5 Å². The zero-order valence-corrected chi connectivity index (χ0v) is 15.8. The van der Waals surface area contributed by atoms with E-state index in [0.717, 1.165) is 5.56 Å². The first-order valence-electron chi connectivity index (χ1n) is 9.02. The molecule has 1 aromatic heterocycles. The Morgan fingerprint density at radius 1 is 1.00 bits per heavy atom. The summed E-state index contributed by atoms with van der Waals surface area (Å²) in [6, 6.07) is 17.7. The molecule has 0 bridgehead atoms. The highest BCUT2D eigenvalue weighted by molar-refractivity contribution is 6.05. The largest absolute Gasteiger partial charge is 0.347 e. The second kappa shape index (κ2) is 9.74. The van der Waals surface area contributed by atoms with E-state index >= 15 is 0 Å². The number of amides is 2. The summed E-state index contributed by atoms with van der Waals surface area (Å²) in [7, 11) is 0. The van der Waals surface area contributed by atoms with Crippen LogP contribution in [-0.4, -0.2) is 21.7 Å². The first-order chi connectivity index (χ1) is 14.5. The number of non-ortho nitro benzene ring substituents is 1. The fourth-order valence-corrected chi connectivity index (χ4v) is 2.58. The van der Waals surface area contributed by atoms with Gasteiger partial charge in [-0.2, -0.15) is 0 Å². The Bertz CT molecular complexity index is 1070. The quantitative estimate of drug-likeness (QED) is 0.358. The molecule has 8 heteroatoms. The molecule has 3 rings (SSSR count). The molecule has 0 spiro atoms.